The van der Waals surface area contributed by atoms with Gasteiger partial charge in [-0.2, -0.15) is 0 Å². The van der Waals surface area contributed by atoms with Crippen LogP contribution in [0.5, 0.6) is 0 Å². The van der Waals surface area contributed by atoms with Crippen LogP contribution in [0.1, 0.15) is 27.2 Å². The molecule has 2 unspecified atom stereocenters. The highest BCUT2D eigenvalue weighted by Gasteiger charge is 2.35. The second kappa shape index (κ2) is 5.56. The van der Waals surface area contributed by atoms with E-state index < -0.39 is 11.4 Å². The molecule has 6 nitrogen and oxygen atoms in total. The Balaban J connectivity index is 2.54. The van der Waals surface area contributed by atoms with Gasteiger partial charge < -0.3 is 20.4 Å². The molecule has 0 saturated carbocycles. The molecule has 1 fully saturated rings. The molecular formula is C12H22N2O4. The average molecular weight is 258 g/mol. The van der Waals surface area contributed by atoms with Crippen LogP contribution in [0.25, 0.3) is 0 Å². The topological polar surface area (TPSA) is 89.9 Å². The molecular weight excluding hydrogens is 236 g/mol. The monoisotopic (exact) mass is 258 g/mol. The van der Waals surface area contributed by atoms with Gasteiger partial charge in [-0.3, -0.25) is 4.79 Å². The van der Waals surface area contributed by atoms with Crippen LogP contribution in [-0.2, 0) is 4.79 Å². The summed E-state index contributed by atoms with van der Waals surface area (Å²) in [6.07, 6.45) is 0.862. The number of hydrogen-bond acceptors (Lipinski definition) is 3. The average Bonchev–Trinajstić information content (AvgIpc) is 2.67. The molecule has 2 amide bonds. The fraction of sp³-hybridized carbons (Fsp3) is 0.833. The van der Waals surface area contributed by atoms with E-state index in [1.807, 2.05) is 6.92 Å². The lowest BCUT2D eigenvalue weighted by Crippen LogP contribution is -2.48. The SMILES string of the molecule is CC1CCN(C(=O)NCC(C)(C)C(=O)O)C1CO. The summed E-state index contributed by atoms with van der Waals surface area (Å²) in [6, 6.07) is -0.467. The first-order valence-corrected chi connectivity index (χ1v) is 6.18. The zero-order valence-electron chi connectivity index (χ0n) is 11.1. The predicted octanol–water partition coefficient (Wildman–Crippen LogP) is 0.509. The van der Waals surface area contributed by atoms with E-state index in [1.165, 1.54) is 0 Å². The summed E-state index contributed by atoms with van der Waals surface area (Å²) in [5.41, 5.74) is -0.990. The molecule has 0 aromatic rings. The fourth-order valence-corrected chi connectivity index (χ4v) is 2.01. The summed E-state index contributed by atoms with van der Waals surface area (Å²) in [6.45, 7) is 5.74. The molecule has 0 aliphatic carbocycles. The summed E-state index contributed by atoms with van der Waals surface area (Å²) in [4.78, 5) is 24.4. The first-order valence-electron chi connectivity index (χ1n) is 6.18. The third-order valence-corrected chi connectivity index (χ3v) is 3.59. The molecule has 0 spiro atoms. The van der Waals surface area contributed by atoms with Gasteiger partial charge in [0.05, 0.1) is 18.1 Å². The molecule has 6 heteroatoms. The smallest absolute Gasteiger partial charge is 0.317 e. The Morgan fingerprint density at radius 3 is 2.56 bits per heavy atom. The largest absolute Gasteiger partial charge is 0.481 e. The lowest BCUT2D eigenvalue weighted by molar-refractivity contribution is -0.146. The van der Waals surface area contributed by atoms with Crippen molar-refractivity contribution < 1.29 is 19.8 Å². The number of rotatable bonds is 4. The van der Waals surface area contributed by atoms with Gasteiger partial charge in [0, 0.05) is 13.1 Å². The Labute approximate surface area is 107 Å². The highest BCUT2D eigenvalue weighted by Crippen LogP contribution is 2.23. The number of hydrogen-bond donors (Lipinski definition) is 3. The maximum atomic E-state index is 11.9. The van der Waals surface area contributed by atoms with Gasteiger partial charge in [0.1, 0.15) is 0 Å². The number of nitrogens with zero attached hydrogens (tertiary/aromatic N) is 1. The Bertz CT molecular complexity index is 330. The number of aliphatic carboxylic acids is 1. The van der Waals surface area contributed by atoms with E-state index >= 15 is 0 Å². The number of carbonyl (C=O) groups is 2. The third kappa shape index (κ3) is 3.13. The first-order chi connectivity index (χ1) is 8.29. The molecule has 1 aliphatic rings. The first kappa shape index (κ1) is 14.8. The van der Waals surface area contributed by atoms with Crippen LogP contribution in [0.3, 0.4) is 0 Å². The van der Waals surface area contributed by atoms with E-state index in [9.17, 15) is 14.7 Å². The zero-order chi connectivity index (χ0) is 13.9. The minimum atomic E-state index is -0.990. The van der Waals surface area contributed by atoms with Gasteiger partial charge in [-0.25, -0.2) is 4.79 Å². The molecule has 2 atom stereocenters. The van der Waals surface area contributed by atoms with E-state index in [0.29, 0.717) is 6.54 Å². The maximum Gasteiger partial charge on any atom is 0.317 e. The van der Waals surface area contributed by atoms with Crippen LogP contribution in [0.2, 0.25) is 0 Å². The summed E-state index contributed by atoms with van der Waals surface area (Å²) >= 11 is 0. The van der Waals surface area contributed by atoms with Gasteiger partial charge in [0.2, 0.25) is 0 Å². The molecule has 3 N–H and O–H groups in total. The van der Waals surface area contributed by atoms with Crippen LogP contribution >= 0.6 is 0 Å². The number of aliphatic hydroxyl groups is 1. The standard InChI is InChI=1S/C12H22N2O4/c1-8-4-5-14(9(8)6-15)11(18)13-7-12(2,3)10(16)17/h8-9,15H,4-7H2,1-3H3,(H,13,18)(H,16,17). The molecule has 0 aromatic heterocycles. The molecule has 0 aromatic carbocycles. The van der Waals surface area contributed by atoms with Crippen molar-refractivity contribution in [1.29, 1.82) is 0 Å². The molecule has 1 rings (SSSR count). The molecule has 1 saturated heterocycles. The van der Waals surface area contributed by atoms with Crippen molar-refractivity contribution in [2.24, 2.45) is 11.3 Å². The summed E-state index contributed by atoms with van der Waals surface area (Å²) in [5.74, 6) is -0.676. The lowest BCUT2D eigenvalue weighted by Gasteiger charge is -2.27. The number of carboxylic acid groups (broad SMARTS) is 1. The molecule has 1 aliphatic heterocycles. The third-order valence-electron chi connectivity index (χ3n) is 3.59. The van der Waals surface area contributed by atoms with E-state index in [4.69, 9.17) is 5.11 Å². The molecule has 1 heterocycles. The fourth-order valence-electron chi connectivity index (χ4n) is 2.01. The van der Waals surface area contributed by atoms with Crippen molar-refractivity contribution in [3.05, 3.63) is 0 Å². The number of likely N-dealkylation sites (tertiary alicyclic amines) is 1. The van der Waals surface area contributed by atoms with E-state index in [1.54, 1.807) is 18.7 Å². The number of nitrogens with one attached hydrogen (secondary N) is 1. The zero-order valence-corrected chi connectivity index (χ0v) is 11.1. The van der Waals surface area contributed by atoms with E-state index in [-0.39, 0.29) is 31.1 Å². The molecule has 104 valence electrons. The number of amides is 2. The quantitative estimate of drug-likeness (QED) is 0.685. The summed E-state index contributed by atoms with van der Waals surface area (Å²) in [7, 11) is 0. The minimum absolute atomic E-state index is 0.0586. The van der Waals surface area contributed by atoms with Crippen molar-refractivity contribution in [3.8, 4) is 0 Å². The van der Waals surface area contributed by atoms with Crippen LogP contribution in [0, 0.1) is 11.3 Å². The van der Waals surface area contributed by atoms with Crippen molar-refractivity contribution >= 4 is 12.0 Å². The van der Waals surface area contributed by atoms with Gasteiger partial charge in [0.15, 0.2) is 0 Å². The Hall–Kier alpha value is -1.30. The highest BCUT2D eigenvalue weighted by molar-refractivity contribution is 5.78. The van der Waals surface area contributed by atoms with Gasteiger partial charge >= 0.3 is 12.0 Å². The lowest BCUT2D eigenvalue weighted by atomic mass is 9.94. The number of urea groups is 1. The van der Waals surface area contributed by atoms with Crippen molar-refractivity contribution in [2.75, 3.05) is 19.7 Å². The normalized spacial score (nSPS) is 24.1. The predicted molar refractivity (Wildman–Crippen MR) is 66.2 cm³/mol. The molecule has 0 bridgehead atoms. The second-order valence-corrected chi connectivity index (χ2v) is 5.56. The summed E-state index contributed by atoms with van der Waals surface area (Å²) < 4.78 is 0. The van der Waals surface area contributed by atoms with E-state index in [0.717, 1.165) is 6.42 Å². The van der Waals surface area contributed by atoms with Crippen molar-refractivity contribution in [1.82, 2.24) is 10.2 Å². The van der Waals surface area contributed by atoms with Crippen LogP contribution in [0.15, 0.2) is 0 Å². The number of carbonyl (C=O) groups excluding carboxylic acids is 1. The second-order valence-electron chi connectivity index (χ2n) is 5.56. The maximum absolute atomic E-state index is 11.9. The minimum Gasteiger partial charge on any atom is -0.481 e. The highest BCUT2D eigenvalue weighted by atomic mass is 16.4. The molecule has 0 radical (unpaired) electrons. The van der Waals surface area contributed by atoms with Crippen molar-refractivity contribution in [3.63, 3.8) is 0 Å². The van der Waals surface area contributed by atoms with Gasteiger partial charge in [-0.05, 0) is 26.2 Å². The number of aliphatic hydroxyl groups excluding tert-OH is 1. The number of carboxylic acids is 1. The van der Waals surface area contributed by atoms with Crippen LogP contribution < -0.4 is 5.32 Å². The van der Waals surface area contributed by atoms with Gasteiger partial charge in [-0.1, -0.05) is 6.92 Å². The van der Waals surface area contributed by atoms with Gasteiger partial charge in [0.25, 0.3) is 0 Å². The molecule has 18 heavy (non-hydrogen) atoms. The van der Waals surface area contributed by atoms with Gasteiger partial charge in [-0.15, -0.1) is 0 Å². The van der Waals surface area contributed by atoms with Crippen molar-refractivity contribution in [2.45, 2.75) is 33.2 Å². The Kier molecular flexibility index (Phi) is 4.56. The Morgan fingerprint density at radius 1 is 1.44 bits per heavy atom. The van der Waals surface area contributed by atoms with E-state index in [2.05, 4.69) is 5.32 Å². The van der Waals surface area contributed by atoms with Crippen LogP contribution in [-0.4, -0.2) is 52.9 Å². The summed E-state index contributed by atoms with van der Waals surface area (Å²) in [5, 5.41) is 20.8. The Morgan fingerprint density at radius 2 is 2.06 bits per heavy atom. The van der Waals surface area contributed by atoms with Crippen LogP contribution in [0.4, 0.5) is 4.79 Å².